The number of aliphatic hydroxyl groups excluding tert-OH is 1. The highest BCUT2D eigenvalue weighted by atomic mass is 31.2. The van der Waals surface area contributed by atoms with E-state index in [1.54, 1.807) is 18.2 Å². The summed E-state index contributed by atoms with van der Waals surface area (Å²) < 4.78 is 16.4. The molecule has 0 amide bonds. The van der Waals surface area contributed by atoms with Crippen LogP contribution in [0.25, 0.3) is 0 Å². The predicted molar refractivity (Wildman–Crippen MR) is 63.1 cm³/mol. The van der Waals surface area contributed by atoms with Gasteiger partial charge in [-0.05, 0) is 18.2 Å². The third-order valence-electron chi connectivity index (χ3n) is 2.02. The van der Waals surface area contributed by atoms with Crippen LogP contribution in [0.15, 0.2) is 43.0 Å². The maximum absolute atomic E-state index is 11.7. The normalized spacial score (nSPS) is 15.9. The zero-order valence-corrected chi connectivity index (χ0v) is 9.92. The van der Waals surface area contributed by atoms with Crippen molar-refractivity contribution in [3.63, 3.8) is 0 Å². The Balaban J connectivity index is 2.66. The number of aliphatic hydroxyl groups is 1. The highest BCUT2D eigenvalue weighted by Crippen LogP contribution is 2.40. The van der Waals surface area contributed by atoms with Gasteiger partial charge in [0.15, 0.2) is 5.78 Å². The van der Waals surface area contributed by atoms with Crippen molar-refractivity contribution in [2.45, 2.75) is 6.10 Å². The third-order valence-corrected chi connectivity index (χ3v) is 3.47. The Morgan fingerprint density at radius 3 is 2.59 bits per heavy atom. The Morgan fingerprint density at radius 2 is 2.06 bits per heavy atom. The van der Waals surface area contributed by atoms with Crippen molar-refractivity contribution in [1.29, 1.82) is 0 Å². The van der Waals surface area contributed by atoms with Crippen molar-refractivity contribution >= 4 is 18.7 Å². The van der Waals surface area contributed by atoms with Gasteiger partial charge in [-0.25, -0.2) is 0 Å². The average Bonchev–Trinajstić information content (AvgIpc) is 2.36. The molecule has 1 rings (SSSR count). The molecule has 0 fully saturated rings. The summed E-state index contributed by atoms with van der Waals surface area (Å²) in [5, 5.41) is 9.36. The zero-order chi connectivity index (χ0) is 12.9. The van der Waals surface area contributed by atoms with E-state index in [2.05, 4.69) is 6.58 Å². The highest BCUT2D eigenvalue weighted by Gasteiger charge is 2.24. The summed E-state index contributed by atoms with van der Waals surface area (Å²) in [5.74, 6) is -0.655. The number of carbonyl (C=O) groups is 1. The monoisotopic (exact) mass is 256 g/mol. The van der Waals surface area contributed by atoms with Crippen molar-refractivity contribution in [2.24, 2.45) is 0 Å². The lowest BCUT2D eigenvalue weighted by Gasteiger charge is -2.14. The first kappa shape index (κ1) is 13.8. The van der Waals surface area contributed by atoms with Gasteiger partial charge in [0.2, 0.25) is 0 Å². The number of hydrogen-bond donors (Lipinski definition) is 2. The van der Waals surface area contributed by atoms with Crippen LogP contribution in [0.3, 0.4) is 0 Å². The number of ketones is 1. The molecular formula is C11H13O5P. The largest absolute Gasteiger partial charge is 0.382 e. The maximum Gasteiger partial charge on any atom is 0.358 e. The molecule has 0 saturated heterocycles. The smallest absolute Gasteiger partial charge is 0.358 e. The van der Waals surface area contributed by atoms with Gasteiger partial charge in [0.1, 0.15) is 6.10 Å². The number of benzene rings is 1. The van der Waals surface area contributed by atoms with Crippen molar-refractivity contribution < 1.29 is 23.9 Å². The molecular weight excluding hydrogens is 243 g/mol. The van der Waals surface area contributed by atoms with E-state index in [0.29, 0.717) is 0 Å². The lowest BCUT2D eigenvalue weighted by Crippen LogP contribution is -2.24. The quantitative estimate of drug-likeness (QED) is 0.576. The minimum Gasteiger partial charge on any atom is -0.382 e. The molecule has 0 radical (unpaired) electrons. The van der Waals surface area contributed by atoms with Crippen LogP contribution in [0.2, 0.25) is 0 Å². The first-order valence-electron chi connectivity index (χ1n) is 4.84. The second-order valence-corrected chi connectivity index (χ2v) is 5.09. The Labute approximate surface area is 98.9 Å². The minimum atomic E-state index is -4.00. The summed E-state index contributed by atoms with van der Waals surface area (Å²) in [5.41, 5.74) is 0. The molecule has 0 aliphatic rings. The van der Waals surface area contributed by atoms with Crippen molar-refractivity contribution in [3.8, 4) is 0 Å². The lowest BCUT2D eigenvalue weighted by atomic mass is 10.2. The molecule has 6 heteroatoms. The van der Waals surface area contributed by atoms with E-state index >= 15 is 0 Å². The summed E-state index contributed by atoms with van der Waals surface area (Å²) in [6.45, 7) is 2.64. The molecule has 2 atom stereocenters. The second kappa shape index (κ2) is 5.89. The number of rotatable bonds is 6. The first-order valence-corrected chi connectivity index (χ1v) is 6.42. The molecule has 0 spiro atoms. The van der Waals surface area contributed by atoms with Crippen LogP contribution >= 0.6 is 7.60 Å². The number of carbonyl (C=O) groups excluding carboxylic acids is 1. The molecule has 0 aliphatic carbocycles. The molecule has 0 heterocycles. The SMILES string of the molecule is C=CC(=O)C(O)COP(=O)(O)c1ccccc1. The van der Waals surface area contributed by atoms with Gasteiger partial charge in [-0.3, -0.25) is 9.36 Å². The zero-order valence-electron chi connectivity index (χ0n) is 9.02. The third kappa shape index (κ3) is 3.91. The van der Waals surface area contributed by atoms with E-state index in [0.717, 1.165) is 6.08 Å². The van der Waals surface area contributed by atoms with Crippen LogP contribution in [0.4, 0.5) is 0 Å². The fraction of sp³-hybridized carbons (Fsp3) is 0.182. The Hall–Kier alpha value is -1.26. The molecule has 0 bridgehead atoms. The highest BCUT2D eigenvalue weighted by molar-refractivity contribution is 7.61. The minimum absolute atomic E-state index is 0.109. The summed E-state index contributed by atoms with van der Waals surface area (Å²) >= 11 is 0. The fourth-order valence-corrected chi connectivity index (χ4v) is 2.12. The Bertz CT molecular complexity index is 442. The maximum atomic E-state index is 11.7. The standard InChI is InChI=1S/C11H13O5P/c1-2-10(12)11(13)8-16-17(14,15)9-6-4-3-5-7-9/h2-7,11,13H,1,8H2,(H,14,15). The van der Waals surface area contributed by atoms with Gasteiger partial charge in [-0.2, -0.15) is 0 Å². The molecule has 0 saturated carbocycles. The van der Waals surface area contributed by atoms with Gasteiger partial charge in [0.25, 0.3) is 0 Å². The van der Waals surface area contributed by atoms with Crippen molar-refractivity contribution in [1.82, 2.24) is 0 Å². The van der Waals surface area contributed by atoms with Gasteiger partial charge in [-0.15, -0.1) is 0 Å². The van der Waals surface area contributed by atoms with Crippen LogP contribution in [0.5, 0.6) is 0 Å². The van der Waals surface area contributed by atoms with Gasteiger partial charge in [-0.1, -0.05) is 24.8 Å². The molecule has 1 aromatic rings. The molecule has 0 aromatic heterocycles. The van der Waals surface area contributed by atoms with E-state index in [1.807, 2.05) is 0 Å². The topological polar surface area (TPSA) is 83.8 Å². The predicted octanol–water partition coefficient (Wildman–Crippen LogP) is 0.630. The van der Waals surface area contributed by atoms with E-state index in [-0.39, 0.29) is 5.30 Å². The molecule has 0 aliphatic heterocycles. The van der Waals surface area contributed by atoms with E-state index in [9.17, 15) is 19.4 Å². The van der Waals surface area contributed by atoms with Gasteiger partial charge < -0.3 is 14.5 Å². The van der Waals surface area contributed by atoms with E-state index in [1.165, 1.54) is 12.1 Å². The summed E-state index contributed by atoms with van der Waals surface area (Å²) in [6, 6.07) is 7.74. The van der Waals surface area contributed by atoms with Crippen LogP contribution in [0.1, 0.15) is 0 Å². The Morgan fingerprint density at radius 1 is 1.47 bits per heavy atom. The molecule has 17 heavy (non-hydrogen) atoms. The first-order chi connectivity index (χ1) is 7.97. The summed E-state index contributed by atoms with van der Waals surface area (Å²) in [7, 11) is -4.00. The van der Waals surface area contributed by atoms with Crippen LogP contribution in [0, 0.1) is 0 Å². The molecule has 5 nitrogen and oxygen atoms in total. The van der Waals surface area contributed by atoms with Crippen LogP contribution < -0.4 is 5.30 Å². The van der Waals surface area contributed by atoms with E-state index < -0.39 is 26.1 Å². The second-order valence-electron chi connectivity index (χ2n) is 3.27. The lowest BCUT2D eigenvalue weighted by molar-refractivity contribution is -0.123. The summed E-state index contributed by atoms with van der Waals surface area (Å²) in [6.07, 6.45) is -0.546. The Kier molecular flexibility index (Phi) is 4.78. The fourth-order valence-electron chi connectivity index (χ4n) is 1.08. The molecule has 1 aromatic carbocycles. The summed E-state index contributed by atoms with van der Waals surface area (Å²) in [4.78, 5) is 20.5. The van der Waals surface area contributed by atoms with Gasteiger partial charge >= 0.3 is 7.60 Å². The van der Waals surface area contributed by atoms with Crippen molar-refractivity contribution in [2.75, 3.05) is 6.61 Å². The van der Waals surface area contributed by atoms with E-state index in [4.69, 9.17) is 4.52 Å². The van der Waals surface area contributed by atoms with Gasteiger partial charge in [0, 0.05) is 0 Å². The van der Waals surface area contributed by atoms with Crippen LogP contribution in [-0.2, 0) is 13.9 Å². The molecule has 2 unspecified atom stereocenters. The van der Waals surface area contributed by atoms with Crippen molar-refractivity contribution in [3.05, 3.63) is 43.0 Å². The van der Waals surface area contributed by atoms with Gasteiger partial charge in [0.05, 0.1) is 11.9 Å². The van der Waals surface area contributed by atoms with Crippen LogP contribution in [-0.4, -0.2) is 28.5 Å². The average molecular weight is 256 g/mol. The molecule has 2 N–H and O–H groups in total. The number of hydrogen-bond acceptors (Lipinski definition) is 4. The molecule has 92 valence electrons.